The third kappa shape index (κ3) is 3.67. The van der Waals surface area contributed by atoms with Crippen LogP contribution in [-0.2, 0) is 14.8 Å². The first kappa shape index (κ1) is 20.0. The van der Waals surface area contributed by atoms with Gasteiger partial charge in [0, 0.05) is 46.1 Å². The third-order valence-electron chi connectivity index (χ3n) is 5.66. The van der Waals surface area contributed by atoms with E-state index in [2.05, 4.69) is 9.97 Å². The summed E-state index contributed by atoms with van der Waals surface area (Å²) in [6.07, 6.45) is 6.29. The SMILES string of the molecule is CCCCS(=O)(=O)N1C[C@@H]2N(c3ncccn3)CCC[C@]2(C(=O)N(C)C)C1. The second kappa shape index (κ2) is 7.71. The minimum absolute atomic E-state index is 0.0127. The van der Waals surface area contributed by atoms with Crippen molar-refractivity contribution in [3.8, 4) is 0 Å². The zero-order valence-corrected chi connectivity index (χ0v) is 17.2. The number of fused-ring (bicyclic) bond motifs is 1. The Kier molecular flexibility index (Phi) is 5.71. The van der Waals surface area contributed by atoms with Crippen LogP contribution >= 0.6 is 0 Å². The molecule has 1 aromatic rings. The Bertz CT molecular complexity index is 770. The van der Waals surface area contributed by atoms with Crippen LogP contribution in [0, 0.1) is 5.41 Å². The summed E-state index contributed by atoms with van der Waals surface area (Å²) < 4.78 is 27.3. The van der Waals surface area contributed by atoms with Gasteiger partial charge >= 0.3 is 0 Å². The molecule has 2 aliphatic rings. The molecule has 2 atom stereocenters. The molecule has 8 nitrogen and oxygen atoms in total. The van der Waals surface area contributed by atoms with Gasteiger partial charge in [-0.3, -0.25) is 4.79 Å². The molecule has 3 heterocycles. The topological polar surface area (TPSA) is 86.7 Å². The Morgan fingerprint density at radius 2 is 2.04 bits per heavy atom. The third-order valence-corrected chi connectivity index (χ3v) is 7.53. The highest BCUT2D eigenvalue weighted by Gasteiger charge is 2.58. The highest BCUT2D eigenvalue weighted by molar-refractivity contribution is 7.89. The van der Waals surface area contributed by atoms with Crippen LogP contribution in [0.3, 0.4) is 0 Å². The monoisotopic (exact) mass is 395 g/mol. The summed E-state index contributed by atoms with van der Waals surface area (Å²) in [4.78, 5) is 25.5. The van der Waals surface area contributed by atoms with Crippen LogP contribution in [0.4, 0.5) is 5.95 Å². The number of hydrogen-bond acceptors (Lipinski definition) is 6. The average molecular weight is 396 g/mol. The molecule has 27 heavy (non-hydrogen) atoms. The summed E-state index contributed by atoms with van der Waals surface area (Å²) in [5.41, 5.74) is -0.750. The molecule has 2 fully saturated rings. The van der Waals surface area contributed by atoms with Crippen molar-refractivity contribution in [2.45, 2.75) is 38.6 Å². The quantitative estimate of drug-likeness (QED) is 0.713. The molecule has 1 amide bonds. The van der Waals surface area contributed by atoms with E-state index in [0.717, 1.165) is 19.4 Å². The molecule has 0 unspecified atom stereocenters. The number of carbonyl (C=O) groups excluding carboxylic acids is 1. The minimum Gasteiger partial charge on any atom is -0.348 e. The lowest BCUT2D eigenvalue weighted by molar-refractivity contribution is -0.140. The van der Waals surface area contributed by atoms with E-state index in [0.29, 0.717) is 25.3 Å². The van der Waals surface area contributed by atoms with Crippen molar-refractivity contribution in [3.63, 3.8) is 0 Å². The molecule has 0 aliphatic carbocycles. The minimum atomic E-state index is -3.39. The Morgan fingerprint density at radius 3 is 2.67 bits per heavy atom. The zero-order chi connectivity index (χ0) is 19.7. The molecule has 0 radical (unpaired) electrons. The average Bonchev–Trinajstić information content (AvgIpc) is 3.08. The Labute approximate surface area is 161 Å². The highest BCUT2D eigenvalue weighted by Crippen LogP contribution is 2.45. The predicted octanol–water partition coefficient (Wildman–Crippen LogP) is 0.966. The smallest absolute Gasteiger partial charge is 0.231 e. The number of unbranched alkanes of at least 4 members (excludes halogenated alkanes) is 1. The number of nitrogens with zero attached hydrogens (tertiary/aromatic N) is 5. The lowest BCUT2D eigenvalue weighted by Crippen LogP contribution is -2.58. The van der Waals surface area contributed by atoms with Crippen LogP contribution < -0.4 is 4.90 Å². The first-order valence-corrected chi connectivity index (χ1v) is 11.2. The van der Waals surface area contributed by atoms with Gasteiger partial charge < -0.3 is 9.80 Å². The van der Waals surface area contributed by atoms with Crippen molar-refractivity contribution in [2.75, 3.05) is 44.4 Å². The molecule has 3 rings (SSSR count). The van der Waals surface area contributed by atoms with Gasteiger partial charge in [-0.2, -0.15) is 4.31 Å². The highest BCUT2D eigenvalue weighted by atomic mass is 32.2. The standard InChI is InChI=1S/C18H29N5O3S/c1-4-5-12-27(25,26)22-13-15-18(14-22,16(24)21(2)3)8-6-11-23(15)17-19-9-7-10-20-17/h7,9-10,15H,4-6,8,11-14H2,1-3H3/t15-,18-/m0/s1. The lowest BCUT2D eigenvalue weighted by atomic mass is 9.74. The summed E-state index contributed by atoms with van der Waals surface area (Å²) >= 11 is 0. The second-order valence-electron chi connectivity index (χ2n) is 7.68. The van der Waals surface area contributed by atoms with Gasteiger partial charge in [-0.25, -0.2) is 18.4 Å². The molecule has 9 heteroatoms. The molecule has 0 spiro atoms. The van der Waals surface area contributed by atoms with Gasteiger partial charge in [0.05, 0.1) is 17.2 Å². The maximum Gasteiger partial charge on any atom is 0.231 e. The Balaban J connectivity index is 1.98. The van der Waals surface area contributed by atoms with E-state index < -0.39 is 15.4 Å². The second-order valence-corrected chi connectivity index (χ2v) is 9.77. The van der Waals surface area contributed by atoms with E-state index in [1.165, 1.54) is 4.31 Å². The van der Waals surface area contributed by atoms with Crippen LogP contribution in [0.1, 0.15) is 32.6 Å². The number of anilines is 1. The first-order chi connectivity index (χ1) is 12.8. The van der Waals surface area contributed by atoms with Crippen LogP contribution in [0.5, 0.6) is 0 Å². The maximum atomic E-state index is 13.2. The van der Waals surface area contributed by atoms with E-state index in [-0.39, 0.29) is 24.2 Å². The van der Waals surface area contributed by atoms with E-state index in [9.17, 15) is 13.2 Å². The molecule has 0 bridgehead atoms. The van der Waals surface area contributed by atoms with Crippen molar-refractivity contribution >= 4 is 21.9 Å². The van der Waals surface area contributed by atoms with Crippen LogP contribution in [0.25, 0.3) is 0 Å². The van der Waals surface area contributed by atoms with E-state index >= 15 is 0 Å². The van der Waals surface area contributed by atoms with Gasteiger partial charge in [-0.05, 0) is 25.3 Å². The van der Waals surface area contributed by atoms with Crippen molar-refractivity contribution in [3.05, 3.63) is 18.5 Å². The molecule has 0 N–H and O–H groups in total. The van der Waals surface area contributed by atoms with Crippen molar-refractivity contribution in [2.24, 2.45) is 5.41 Å². The molecule has 150 valence electrons. The molecular weight excluding hydrogens is 366 g/mol. The fraction of sp³-hybridized carbons (Fsp3) is 0.722. The Hall–Kier alpha value is -1.74. The van der Waals surface area contributed by atoms with Gasteiger partial charge in [0.1, 0.15) is 0 Å². The maximum absolute atomic E-state index is 13.2. The molecule has 0 saturated carbocycles. The summed E-state index contributed by atoms with van der Waals surface area (Å²) in [6, 6.07) is 1.50. The van der Waals surface area contributed by atoms with Gasteiger partial charge in [0.2, 0.25) is 21.9 Å². The number of carbonyl (C=O) groups is 1. The van der Waals surface area contributed by atoms with Gasteiger partial charge in [-0.1, -0.05) is 13.3 Å². The van der Waals surface area contributed by atoms with E-state index in [1.807, 2.05) is 11.8 Å². The van der Waals surface area contributed by atoms with E-state index in [4.69, 9.17) is 0 Å². The number of amides is 1. The molecular formula is C18H29N5O3S. The number of piperidine rings is 1. The number of hydrogen-bond donors (Lipinski definition) is 0. The molecule has 2 aliphatic heterocycles. The number of aromatic nitrogens is 2. The van der Waals surface area contributed by atoms with Crippen molar-refractivity contribution < 1.29 is 13.2 Å². The molecule has 2 saturated heterocycles. The van der Waals surface area contributed by atoms with Gasteiger partial charge in [0.25, 0.3) is 0 Å². The normalized spacial score (nSPS) is 26.0. The molecule has 1 aromatic heterocycles. The largest absolute Gasteiger partial charge is 0.348 e. The predicted molar refractivity (Wildman–Crippen MR) is 104 cm³/mol. The lowest BCUT2D eigenvalue weighted by Gasteiger charge is -2.45. The fourth-order valence-corrected chi connectivity index (χ4v) is 6.03. The van der Waals surface area contributed by atoms with Crippen LogP contribution in [0.2, 0.25) is 0 Å². The zero-order valence-electron chi connectivity index (χ0n) is 16.3. The summed E-state index contributed by atoms with van der Waals surface area (Å²) in [6.45, 7) is 3.25. The molecule has 0 aromatic carbocycles. The van der Waals surface area contributed by atoms with Crippen LogP contribution in [-0.4, -0.2) is 79.0 Å². The first-order valence-electron chi connectivity index (χ1n) is 9.55. The van der Waals surface area contributed by atoms with Gasteiger partial charge in [0.15, 0.2) is 0 Å². The van der Waals surface area contributed by atoms with Crippen LogP contribution in [0.15, 0.2) is 18.5 Å². The van der Waals surface area contributed by atoms with E-state index in [1.54, 1.807) is 37.5 Å². The summed E-state index contributed by atoms with van der Waals surface area (Å²) in [5.74, 6) is 0.678. The number of rotatable bonds is 6. The van der Waals surface area contributed by atoms with Crippen molar-refractivity contribution in [1.82, 2.24) is 19.2 Å². The van der Waals surface area contributed by atoms with Crippen molar-refractivity contribution in [1.29, 1.82) is 0 Å². The fourth-order valence-electron chi connectivity index (χ4n) is 4.32. The Morgan fingerprint density at radius 1 is 1.33 bits per heavy atom. The number of sulfonamides is 1. The summed E-state index contributed by atoms with van der Waals surface area (Å²) in [5, 5.41) is 0. The summed E-state index contributed by atoms with van der Waals surface area (Å²) in [7, 11) is 0.0847. The van der Waals surface area contributed by atoms with Gasteiger partial charge in [-0.15, -0.1) is 0 Å².